The minimum atomic E-state index is -0.203. The molecular weight excluding hydrogens is 364 g/mol. The molecule has 5 rings (SSSR count). The van der Waals surface area contributed by atoms with Gasteiger partial charge >= 0.3 is 0 Å². The van der Waals surface area contributed by atoms with Gasteiger partial charge in [-0.1, -0.05) is 42.5 Å². The van der Waals surface area contributed by atoms with Crippen LogP contribution in [0.15, 0.2) is 71.7 Å². The largest absolute Gasteiger partial charge is 0.375 e. The van der Waals surface area contributed by atoms with Gasteiger partial charge in [0.25, 0.3) is 0 Å². The van der Waals surface area contributed by atoms with Crippen LogP contribution in [0.2, 0.25) is 0 Å². The Morgan fingerprint density at radius 2 is 1.75 bits per heavy atom. The number of nitrogens with zero attached hydrogens (tertiary/aromatic N) is 1. The number of hydrogen-bond acceptors (Lipinski definition) is 4. The minimum Gasteiger partial charge on any atom is -0.375 e. The van der Waals surface area contributed by atoms with E-state index in [2.05, 4.69) is 54.7 Å². The summed E-state index contributed by atoms with van der Waals surface area (Å²) in [4.78, 5) is 20.9. The van der Waals surface area contributed by atoms with E-state index in [1.165, 1.54) is 15.3 Å². The van der Waals surface area contributed by atoms with Crippen LogP contribution in [-0.2, 0) is 4.79 Å². The van der Waals surface area contributed by atoms with Crippen LogP contribution in [0.5, 0.6) is 0 Å². The smallest absolute Gasteiger partial charge is 0.144 e. The van der Waals surface area contributed by atoms with Gasteiger partial charge in [0.2, 0.25) is 0 Å². The molecule has 3 atom stereocenters. The van der Waals surface area contributed by atoms with Gasteiger partial charge in [-0.3, -0.25) is 9.79 Å². The number of fused-ring (bicyclic) bond motifs is 2. The second-order valence-corrected chi connectivity index (χ2v) is 8.97. The molecule has 4 heteroatoms. The highest BCUT2D eigenvalue weighted by molar-refractivity contribution is 7.12. The Morgan fingerprint density at radius 3 is 2.54 bits per heavy atom. The number of rotatable bonds is 2. The van der Waals surface area contributed by atoms with E-state index in [0.29, 0.717) is 6.42 Å². The van der Waals surface area contributed by atoms with Gasteiger partial charge < -0.3 is 5.32 Å². The van der Waals surface area contributed by atoms with Gasteiger partial charge in [0, 0.05) is 21.9 Å². The maximum absolute atomic E-state index is 13.4. The number of aryl methyl sites for hydroxylation is 1. The van der Waals surface area contributed by atoms with E-state index in [0.717, 1.165) is 23.5 Å². The van der Waals surface area contributed by atoms with E-state index in [9.17, 15) is 4.79 Å². The zero-order valence-electron chi connectivity index (χ0n) is 15.8. The Kier molecular flexibility index (Phi) is 4.36. The number of ketones is 1. The number of nitrogens with one attached hydrogen (secondary N) is 1. The third kappa shape index (κ3) is 3.08. The van der Waals surface area contributed by atoms with Gasteiger partial charge in [-0.15, -0.1) is 11.3 Å². The molecule has 2 aromatic carbocycles. The molecule has 1 N–H and O–H groups in total. The normalized spacial score (nSPS) is 23.8. The van der Waals surface area contributed by atoms with E-state index >= 15 is 0 Å². The van der Waals surface area contributed by atoms with Crippen LogP contribution < -0.4 is 5.32 Å². The van der Waals surface area contributed by atoms with Crippen LogP contribution in [0.4, 0.5) is 11.4 Å². The highest BCUT2D eigenvalue weighted by atomic mass is 32.1. The molecule has 1 aliphatic carbocycles. The number of anilines is 1. The molecule has 3 aromatic rings. The molecule has 0 saturated heterocycles. The van der Waals surface area contributed by atoms with Gasteiger partial charge in [0.05, 0.1) is 23.3 Å². The van der Waals surface area contributed by atoms with Gasteiger partial charge in [0.15, 0.2) is 0 Å². The second-order valence-electron chi connectivity index (χ2n) is 7.65. The highest BCUT2D eigenvalue weighted by Gasteiger charge is 2.42. The standard InChI is InChI=1S/C24H22N2OS/c1-15-11-12-22(28-15)24-23-20(25-18-9-5-6-10-19(18)26-24)13-17(14-21(23)27)16-7-3-2-4-8-16/h2-12,17,23-24,26H,13-14H2,1H3. The van der Waals surface area contributed by atoms with Gasteiger partial charge in [0.1, 0.15) is 5.78 Å². The fourth-order valence-corrected chi connectivity index (χ4v) is 5.38. The quantitative estimate of drug-likeness (QED) is 0.582. The van der Waals surface area contributed by atoms with Gasteiger partial charge in [-0.2, -0.15) is 0 Å². The average molecular weight is 387 g/mol. The third-order valence-electron chi connectivity index (χ3n) is 5.76. The molecule has 1 saturated carbocycles. The van der Waals surface area contributed by atoms with Crippen LogP contribution in [0.1, 0.15) is 40.1 Å². The van der Waals surface area contributed by atoms with E-state index < -0.39 is 0 Å². The first-order valence-electron chi connectivity index (χ1n) is 9.76. The number of carbonyl (C=O) groups excluding carboxylic acids is 1. The molecule has 0 bridgehead atoms. The molecule has 3 unspecified atom stereocenters. The average Bonchev–Trinajstić information content (AvgIpc) is 3.06. The Balaban J connectivity index is 1.60. The van der Waals surface area contributed by atoms with Crippen molar-refractivity contribution in [3.8, 4) is 0 Å². The number of para-hydroxylation sites is 2. The molecule has 1 aromatic heterocycles. The fraction of sp³-hybridized carbons (Fsp3) is 0.250. The van der Waals surface area contributed by atoms with Crippen molar-refractivity contribution in [2.45, 2.75) is 31.7 Å². The molecule has 1 fully saturated rings. The predicted molar refractivity (Wildman–Crippen MR) is 116 cm³/mol. The second kappa shape index (κ2) is 7.02. The molecule has 3 nitrogen and oxygen atoms in total. The first-order valence-corrected chi connectivity index (χ1v) is 10.6. The summed E-state index contributed by atoms with van der Waals surface area (Å²) in [5.74, 6) is 0.292. The van der Waals surface area contributed by atoms with E-state index in [1.54, 1.807) is 11.3 Å². The number of carbonyl (C=O) groups is 1. The summed E-state index contributed by atoms with van der Waals surface area (Å²) in [6.07, 6.45) is 1.41. The number of hydrogen-bond donors (Lipinski definition) is 1. The van der Waals surface area contributed by atoms with Gasteiger partial charge in [-0.25, -0.2) is 0 Å². The number of benzene rings is 2. The van der Waals surface area contributed by atoms with Crippen LogP contribution in [0, 0.1) is 12.8 Å². The summed E-state index contributed by atoms with van der Waals surface area (Å²) in [5, 5.41) is 3.65. The Bertz CT molecular complexity index is 1050. The van der Waals surface area contributed by atoms with Crippen molar-refractivity contribution in [1.82, 2.24) is 0 Å². The SMILES string of the molecule is Cc1ccc(C2Nc3ccccc3N=C3CC(c4ccccc4)CC(=O)C32)s1. The fourth-order valence-electron chi connectivity index (χ4n) is 4.42. The highest BCUT2D eigenvalue weighted by Crippen LogP contribution is 2.44. The zero-order valence-corrected chi connectivity index (χ0v) is 16.6. The van der Waals surface area contributed by atoms with Crippen molar-refractivity contribution in [2.75, 3.05) is 5.32 Å². The topological polar surface area (TPSA) is 41.5 Å². The summed E-state index contributed by atoms with van der Waals surface area (Å²) in [6.45, 7) is 2.11. The van der Waals surface area contributed by atoms with Crippen LogP contribution in [0.25, 0.3) is 0 Å². The maximum Gasteiger partial charge on any atom is 0.144 e. The molecule has 140 valence electrons. The molecule has 2 heterocycles. The van der Waals surface area contributed by atoms with Crippen molar-refractivity contribution in [1.29, 1.82) is 0 Å². The van der Waals surface area contributed by atoms with Crippen molar-refractivity contribution in [3.05, 3.63) is 82.0 Å². The first-order chi connectivity index (χ1) is 13.7. The molecule has 0 spiro atoms. The van der Waals surface area contributed by atoms with E-state index in [4.69, 9.17) is 4.99 Å². The molecule has 28 heavy (non-hydrogen) atoms. The number of Topliss-reactive ketones (excluding diaryl/α,β-unsaturated/α-hetero) is 1. The van der Waals surface area contributed by atoms with Crippen LogP contribution >= 0.6 is 11.3 Å². The maximum atomic E-state index is 13.4. The Morgan fingerprint density at radius 1 is 0.964 bits per heavy atom. The molecule has 2 aliphatic rings. The zero-order chi connectivity index (χ0) is 19.1. The first kappa shape index (κ1) is 17.4. The lowest BCUT2D eigenvalue weighted by Gasteiger charge is -2.33. The minimum absolute atomic E-state index is 0.0506. The van der Waals surface area contributed by atoms with E-state index in [1.807, 2.05) is 24.3 Å². The molecule has 0 amide bonds. The summed E-state index contributed by atoms with van der Waals surface area (Å²) in [7, 11) is 0. The number of aliphatic imine (C=N–C) groups is 1. The van der Waals surface area contributed by atoms with Crippen LogP contribution in [-0.4, -0.2) is 11.5 Å². The van der Waals surface area contributed by atoms with E-state index in [-0.39, 0.29) is 23.7 Å². The lowest BCUT2D eigenvalue weighted by atomic mass is 9.73. The van der Waals surface area contributed by atoms with Crippen LogP contribution in [0.3, 0.4) is 0 Å². The van der Waals surface area contributed by atoms with Crippen molar-refractivity contribution < 1.29 is 4.79 Å². The van der Waals surface area contributed by atoms with Crippen molar-refractivity contribution >= 4 is 34.2 Å². The molecular formula is C24H22N2OS. The summed E-state index contributed by atoms with van der Waals surface area (Å²) in [5.41, 5.74) is 4.17. The summed E-state index contributed by atoms with van der Waals surface area (Å²) >= 11 is 1.76. The predicted octanol–water partition coefficient (Wildman–Crippen LogP) is 6.06. The van der Waals surface area contributed by atoms with Crippen molar-refractivity contribution in [2.24, 2.45) is 10.9 Å². The summed E-state index contributed by atoms with van der Waals surface area (Å²) < 4.78 is 0. The Labute approximate surface area is 169 Å². The lowest BCUT2D eigenvalue weighted by molar-refractivity contribution is -0.122. The monoisotopic (exact) mass is 386 g/mol. The third-order valence-corrected chi connectivity index (χ3v) is 6.84. The number of thiophene rings is 1. The lowest BCUT2D eigenvalue weighted by Crippen LogP contribution is -2.38. The van der Waals surface area contributed by atoms with Crippen molar-refractivity contribution in [3.63, 3.8) is 0 Å². The molecule has 0 radical (unpaired) electrons. The summed E-state index contributed by atoms with van der Waals surface area (Å²) in [6, 6.07) is 22.7. The van der Waals surface area contributed by atoms with Gasteiger partial charge in [-0.05, 0) is 49.1 Å². The Hall–Kier alpha value is -2.72. The molecule has 1 aliphatic heterocycles.